The predicted octanol–water partition coefficient (Wildman–Crippen LogP) is 4.82. The molecule has 1 spiro atoms. The summed E-state index contributed by atoms with van der Waals surface area (Å²) < 4.78 is 48.3. The molecule has 3 aliphatic carbocycles. The molecule has 2 aromatic carbocycles. The van der Waals surface area contributed by atoms with Crippen molar-refractivity contribution < 1.29 is 37.7 Å². The molecular weight excluding hydrogens is 573 g/mol. The van der Waals surface area contributed by atoms with E-state index < -0.39 is 23.5 Å². The average Bonchev–Trinajstić information content (AvgIpc) is 3.66. The summed E-state index contributed by atoms with van der Waals surface area (Å²) in [5, 5.41) is 23.5. The Kier molecular flexibility index (Phi) is 6.98. The molecule has 7 rings (SSSR count). The van der Waals surface area contributed by atoms with E-state index >= 15 is 0 Å². The molecule has 11 heteroatoms. The molecule has 0 unspecified atom stereocenters. The summed E-state index contributed by atoms with van der Waals surface area (Å²) in [6.45, 7) is 1.81. The monoisotopic (exact) mass is 606 g/mol. The van der Waals surface area contributed by atoms with E-state index in [2.05, 4.69) is 9.64 Å². The standard InChI is InChI=1S/C31H33F3N2O5.ClH/c1-35(26(38)10-7-18-3-2-4-22(13-18)41-31(32,33)34)21-15-25-29-11-12-36(17-19-5-6-19)24(30(29,39)16-21)14-20-8-9-23(37)28(40-25)27(20)29;/h2-4,7-10,13,19,21,24-25,37,39H,5-6,11-12,14-17H2,1H3;1H/t21-,24+,25-,29+,30+;/m0./s1. The Morgan fingerprint density at radius 2 is 2.05 bits per heavy atom. The number of piperidine rings is 1. The summed E-state index contributed by atoms with van der Waals surface area (Å²) in [4.78, 5) is 17.4. The number of likely N-dealkylation sites (tertiary alicyclic amines) is 1. The maximum atomic E-state index is 13.3. The van der Waals surface area contributed by atoms with Gasteiger partial charge in [-0.25, -0.2) is 0 Å². The summed E-state index contributed by atoms with van der Waals surface area (Å²) in [5.41, 5.74) is 0.666. The molecule has 2 bridgehead atoms. The SMILES string of the molecule is CN(C(=O)C=Cc1cccc(OC(F)(F)F)c1)[C@H]1C[C@@H]2Oc3c(O)ccc4c3[C@@]23CCN(CC2CC2)[C@H](C4)[C@]3(O)C1.Cl. The van der Waals surface area contributed by atoms with Crippen molar-refractivity contribution in [3.63, 3.8) is 0 Å². The number of ether oxygens (including phenoxy) is 2. The Balaban J connectivity index is 0.00000316. The van der Waals surface area contributed by atoms with E-state index in [1.54, 1.807) is 24.1 Å². The highest BCUT2D eigenvalue weighted by atomic mass is 35.5. The fraction of sp³-hybridized carbons (Fsp3) is 0.516. The number of rotatable bonds is 6. The van der Waals surface area contributed by atoms with Crippen LogP contribution in [0.15, 0.2) is 42.5 Å². The number of benzene rings is 2. The third-order valence-electron chi connectivity index (χ3n) is 10.1. The van der Waals surface area contributed by atoms with Crippen LogP contribution in [0.5, 0.6) is 17.2 Å². The van der Waals surface area contributed by atoms with Crippen LogP contribution in [0, 0.1) is 5.92 Å². The van der Waals surface area contributed by atoms with Gasteiger partial charge in [0.15, 0.2) is 11.5 Å². The zero-order chi connectivity index (χ0) is 28.7. The fourth-order valence-electron chi connectivity index (χ4n) is 8.06. The molecule has 42 heavy (non-hydrogen) atoms. The van der Waals surface area contributed by atoms with Gasteiger partial charge in [0, 0.05) is 43.7 Å². The first-order valence-electron chi connectivity index (χ1n) is 14.3. The van der Waals surface area contributed by atoms with Crippen LogP contribution in [0.3, 0.4) is 0 Å². The maximum Gasteiger partial charge on any atom is 0.573 e. The zero-order valence-corrected chi connectivity index (χ0v) is 24.0. The van der Waals surface area contributed by atoms with Gasteiger partial charge in [-0.2, -0.15) is 0 Å². The summed E-state index contributed by atoms with van der Waals surface area (Å²) in [6.07, 6.45) is 2.27. The van der Waals surface area contributed by atoms with E-state index in [1.165, 1.54) is 43.2 Å². The van der Waals surface area contributed by atoms with Crippen molar-refractivity contribution in [3.8, 4) is 17.2 Å². The number of alkyl halides is 3. The first kappa shape index (κ1) is 29.1. The van der Waals surface area contributed by atoms with Gasteiger partial charge in [-0.05, 0) is 80.0 Å². The van der Waals surface area contributed by atoms with Gasteiger partial charge >= 0.3 is 6.36 Å². The number of aliphatic hydroxyl groups is 1. The molecule has 2 aliphatic heterocycles. The van der Waals surface area contributed by atoms with Gasteiger partial charge in [-0.1, -0.05) is 18.2 Å². The molecule has 226 valence electrons. The van der Waals surface area contributed by atoms with Gasteiger partial charge in [0.1, 0.15) is 11.9 Å². The number of halogens is 4. The number of aromatic hydroxyl groups is 1. The van der Waals surface area contributed by atoms with Crippen molar-refractivity contribution in [2.24, 2.45) is 5.92 Å². The number of hydrogen-bond acceptors (Lipinski definition) is 6. The lowest BCUT2D eigenvalue weighted by atomic mass is 9.48. The number of phenolic OH excluding ortho intramolecular Hbond substituents is 1. The highest BCUT2D eigenvalue weighted by molar-refractivity contribution is 5.92. The van der Waals surface area contributed by atoms with Crippen LogP contribution in [0.1, 0.15) is 48.8 Å². The fourth-order valence-corrected chi connectivity index (χ4v) is 8.06. The number of likely N-dealkylation sites (N-methyl/N-ethyl adjacent to an activating group) is 1. The summed E-state index contributed by atoms with van der Waals surface area (Å²) >= 11 is 0. The molecular formula is C31H34ClF3N2O5. The van der Waals surface area contributed by atoms with Crippen LogP contribution >= 0.6 is 12.4 Å². The minimum Gasteiger partial charge on any atom is -0.504 e. The van der Waals surface area contributed by atoms with Crippen LogP contribution in [0.25, 0.3) is 6.08 Å². The largest absolute Gasteiger partial charge is 0.573 e. The van der Waals surface area contributed by atoms with Crippen molar-refractivity contribution in [2.75, 3.05) is 20.1 Å². The normalized spacial score (nSPS) is 31.2. The topological polar surface area (TPSA) is 82.5 Å². The summed E-state index contributed by atoms with van der Waals surface area (Å²) in [5.74, 6) is 0.519. The summed E-state index contributed by atoms with van der Waals surface area (Å²) in [7, 11) is 1.69. The molecule has 1 saturated heterocycles. The molecule has 0 radical (unpaired) electrons. The molecule has 7 nitrogen and oxygen atoms in total. The zero-order valence-electron chi connectivity index (χ0n) is 23.1. The lowest BCUT2D eigenvalue weighted by molar-refractivity contribution is -0.274. The van der Waals surface area contributed by atoms with Crippen molar-refractivity contribution in [1.82, 2.24) is 9.80 Å². The molecule has 2 N–H and O–H groups in total. The third kappa shape index (κ3) is 4.53. The minimum absolute atomic E-state index is 0. The molecule has 0 aromatic heterocycles. The second-order valence-electron chi connectivity index (χ2n) is 12.4. The van der Waals surface area contributed by atoms with Crippen LogP contribution in [-0.2, 0) is 16.6 Å². The molecule has 5 aliphatic rings. The Morgan fingerprint density at radius 1 is 1.26 bits per heavy atom. The lowest BCUT2D eigenvalue weighted by Crippen LogP contribution is -2.77. The Hall–Kier alpha value is -2.95. The second-order valence-corrected chi connectivity index (χ2v) is 12.4. The predicted molar refractivity (Wildman–Crippen MR) is 151 cm³/mol. The van der Waals surface area contributed by atoms with Gasteiger partial charge in [-0.3, -0.25) is 9.69 Å². The molecule has 3 fully saturated rings. The Labute approximate surface area is 248 Å². The van der Waals surface area contributed by atoms with Gasteiger partial charge in [0.05, 0.1) is 11.0 Å². The first-order chi connectivity index (χ1) is 19.5. The van der Waals surface area contributed by atoms with Gasteiger partial charge in [-0.15, -0.1) is 25.6 Å². The number of amides is 1. The third-order valence-corrected chi connectivity index (χ3v) is 10.1. The highest BCUT2D eigenvalue weighted by Gasteiger charge is 2.72. The minimum atomic E-state index is -4.80. The van der Waals surface area contributed by atoms with Gasteiger partial charge in [0.25, 0.3) is 0 Å². The molecule has 2 aromatic rings. The molecule has 1 amide bonds. The number of nitrogens with zero attached hydrogens (tertiary/aromatic N) is 2. The van der Waals surface area contributed by atoms with Crippen LogP contribution in [0.2, 0.25) is 0 Å². The lowest BCUT2D eigenvalue weighted by Gasteiger charge is -2.64. The van der Waals surface area contributed by atoms with Gasteiger partial charge in [0.2, 0.25) is 5.91 Å². The summed E-state index contributed by atoms with van der Waals surface area (Å²) in [6, 6.07) is 8.63. The average molecular weight is 607 g/mol. The Bertz CT molecular complexity index is 1430. The molecule has 5 atom stereocenters. The van der Waals surface area contributed by atoms with Crippen LogP contribution in [0.4, 0.5) is 13.2 Å². The van der Waals surface area contributed by atoms with E-state index in [-0.39, 0.29) is 41.9 Å². The Morgan fingerprint density at radius 3 is 2.79 bits per heavy atom. The number of phenols is 1. The van der Waals surface area contributed by atoms with E-state index in [0.717, 1.165) is 30.6 Å². The van der Waals surface area contributed by atoms with Crippen molar-refractivity contribution >= 4 is 24.4 Å². The first-order valence-corrected chi connectivity index (χ1v) is 14.3. The van der Waals surface area contributed by atoms with Crippen molar-refractivity contribution in [3.05, 3.63) is 59.2 Å². The maximum absolute atomic E-state index is 13.3. The second kappa shape index (κ2) is 10.1. The van der Waals surface area contributed by atoms with E-state index in [1.807, 2.05) is 6.07 Å². The van der Waals surface area contributed by atoms with E-state index in [9.17, 15) is 28.2 Å². The smallest absolute Gasteiger partial charge is 0.504 e. The number of carbonyl (C=O) groups excluding carboxylic acids is 1. The number of carbonyl (C=O) groups is 1. The van der Waals surface area contributed by atoms with Crippen molar-refractivity contribution in [1.29, 1.82) is 0 Å². The van der Waals surface area contributed by atoms with Crippen LogP contribution < -0.4 is 9.47 Å². The quantitative estimate of drug-likeness (QED) is 0.459. The highest BCUT2D eigenvalue weighted by Crippen LogP contribution is 2.65. The van der Waals surface area contributed by atoms with E-state index in [0.29, 0.717) is 36.5 Å². The van der Waals surface area contributed by atoms with Gasteiger partial charge < -0.3 is 24.6 Å². The van der Waals surface area contributed by atoms with E-state index in [4.69, 9.17) is 4.74 Å². The van der Waals surface area contributed by atoms with Crippen molar-refractivity contribution in [2.45, 2.75) is 74.1 Å². The molecule has 2 saturated carbocycles. The molecule has 2 heterocycles. The number of hydrogen-bond donors (Lipinski definition) is 2. The van der Waals surface area contributed by atoms with Crippen LogP contribution in [-0.4, -0.2) is 76.2 Å².